The van der Waals surface area contributed by atoms with Crippen LogP contribution in [0.15, 0.2) is 24.5 Å². The van der Waals surface area contributed by atoms with E-state index in [1.807, 2.05) is 4.90 Å². The minimum atomic E-state index is -0.747. The first kappa shape index (κ1) is 12.8. The number of carboxylic acid groups (broad SMARTS) is 1. The molecule has 1 aliphatic rings. The van der Waals surface area contributed by atoms with Crippen LogP contribution < -0.4 is 4.90 Å². The smallest absolute Gasteiger partial charge is 0.306 e. The van der Waals surface area contributed by atoms with Crippen LogP contribution in [-0.4, -0.2) is 34.1 Å². The summed E-state index contributed by atoms with van der Waals surface area (Å²) in [6, 6.07) is 4.79. The van der Waals surface area contributed by atoms with Gasteiger partial charge in [0, 0.05) is 18.5 Å². The molecule has 0 atom stereocenters. The Morgan fingerprint density at radius 3 is 2.75 bits per heavy atom. The Morgan fingerprint density at radius 1 is 1.30 bits per heavy atom. The molecule has 0 amide bonds. The van der Waals surface area contributed by atoms with Crippen molar-refractivity contribution in [2.24, 2.45) is 5.92 Å². The Bertz CT molecular complexity index is 654. The van der Waals surface area contributed by atoms with Crippen LogP contribution in [0.3, 0.4) is 0 Å². The van der Waals surface area contributed by atoms with Gasteiger partial charge in [-0.05, 0) is 25.0 Å². The molecule has 1 aromatic heterocycles. The minimum absolute atomic E-state index is 0.295. The molecule has 20 heavy (non-hydrogen) atoms. The fourth-order valence-electron chi connectivity index (χ4n) is 2.63. The van der Waals surface area contributed by atoms with Gasteiger partial charge in [0.15, 0.2) is 0 Å². The van der Waals surface area contributed by atoms with Crippen molar-refractivity contribution in [2.75, 3.05) is 18.0 Å². The van der Waals surface area contributed by atoms with E-state index in [2.05, 4.69) is 9.97 Å². The number of aliphatic carboxylic acids is 1. The van der Waals surface area contributed by atoms with Gasteiger partial charge in [0.2, 0.25) is 0 Å². The van der Waals surface area contributed by atoms with Gasteiger partial charge in [-0.3, -0.25) is 4.79 Å². The molecule has 0 saturated carbocycles. The van der Waals surface area contributed by atoms with Crippen molar-refractivity contribution in [3.8, 4) is 0 Å². The number of fused-ring (bicyclic) bond motifs is 1. The van der Waals surface area contributed by atoms with Gasteiger partial charge in [0.05, 0.1) is 5.92 Å². The van der Waals surface area contributed by atoms with Gasteiger partial charge in [-0.25, -0.2) is 14.4 Å². The zero-order valence-corrected chi connectivity index (χ0v) is 10.8. The molecule has 1 aliphatic heterocycles. The van der Waals surface area contributed by atoms with Crippen LogP contribution in [-0.2, 0) is 4.79 Å². The Hall–Kier alpha value is -2.24. The largest absolute Gasteiger partial charge is 0.481 e. The lowest BCUT2D eigenvalue weighted by Crippen LogP contribution is -2.36. The molecule has 6 heteroatoms. The van der Waals surface area contributed by atoms with Crippen LogP contribution in [0.5, 0.6) is 0 Å². The van der Waals surface area contributed by atoms with Crippen molar-refractivity contribution in [3.63, 3.8) is 0 Å². The number of piperidine rings is 1. The third-order valence-corrected chi connectivity index (χ3v) is 3.74. The predicted octanol–water partition coefficient (Wildman–Crippen LogP) is 2.07. The minimum Gasteiger partial charge on any atom is -0.481 e. The van der Waals surface area contributed by atoms with Crippen LogP contribution in [0, 0.1) is 11.7 Å². The molecule has 104 valence electrons. The van der Waals surface area contributed by atoms with E-state index in [4.69, 9.17) is 5.11 Å². The molecular formula is C14H14FN3O2. The number of benzene rings is 1. The van der Waals surface area contributed by atoms with Crippen LogP contribution in [0.4, 0.5) is 10.2 Å². The third-order valence-electron chi connectivity index (χ3n) is 3.74. The molecule has 1 saturated heterocycles. The van der Waals surface area contributed by atoms with E-state index in [0.29, 0.717) is 42.7 Å². The highest BCUT2D eigenvalue weighted by molar-refractivity contribution is 5.89. The van der Waals surface area contributed by atoms with Crippen molar-refractivity contribution < 1.29 is 14.3 Å². The van der Waals surface area contributed by atoms with Gasteiger partial charge in [0.25, 0.3) is 0 Å². The summed E-state index contributed by atoms with van der Waals surface area (Å²) in [5.74, 6) is -0.732. The zero-order valence-electron chi connectivity index (χ0n) is 10.8. The standard InChI is InChI=1S/C14H14FN3O2/c15-11-3-1-2-10-12(11)16-8-17-13(10)18-6-4-9(5-7-18)14(19)20/h1-3,8-9H,4-7H2,(H,19,20). The van der Waals surface area contributed by atoms with E-state index < -0.39 is 5.97 Å². The van der Waals surface area contributed by atoms with Crippen molar-refractivity contribution in [1.29, 1.82) is 0 Å². The molecule has 0 bridgehead atoms. The van der Waals surface area contributed by atoms with Gasteiger partial charge >= 0.3 is 5.97 Å². The second kappa shape index (κ2) is 5.03. The topological polar surface area (TPSA) is 66.3 Å². The van der Waals surface area contributed by atoms with Gasteiger partial charge < -0.3 is 10.0 Å². The molecule has 3 rings (SSSR count). The highest BCUT2D eigenvalue weighted by Gasteiger charge is 2.26. The number of rotatable bonds is 2. The molecule has 0 unspecified atom stereocenters. The Kier molecular flexibility index (Phi) is 3.22. The number of nitrogens with zero attached hydrogens (tertiary/aromatic N) is 3. The SMILES string of the molecule is O=C(O)C1CCN(c2ncnc3c(F)cccc23)CC1. The summed E-state index contributed by atoms with van der Waals surface area (Å²) in [6.07, 6.45) is 2.51. The number of carboxylic acids is 1. The second-order valence-corrected chi connectivity index (χ2v) is 4.93. The molecule has 0 spiro atoms. The van der Waals surface area contributed by atoms with Gasteiger partial charge in [-0.15, -0.1) is 0 Å². The van der Waals surface area contributed by atoms with E-state index in [9.17, 15) is 9.18 Å². The lowest BCUT2D eigenvalue weighted by Gasteiger charge is -2.31. The third kappa shape index (κ3) is 2.17. The number of halogens is 1. The molecular weight excluding hydrogens is 261 g/mol. The Labute approximate surface area is 115 Å². The molecule has 2 aromatic rings. The first-order valence-electron chi connectivity index (χ1n) is 6.54. The average molecular weight is 275 g/mol. The normalized spacial score (nSPS) is 16.6. The summed E-state index contributed by atoms with van der Waals surface area (Å²) < 4.78 is 13.7. The zero-order chi connectivity index (χ0) is 14.1. The number of hydrogen-bond donors (Lipinski definition) is 1. The summed E-state index contributed by atoms with van der Waals surface area (Å²) in [7, 11) is 0. The van der Waals surface area contributed by atoms with Crippen LogP contribution in [0.1, 0.15) is 12.8 Å². The summed E-state index contributed by atoms with van der Waals surface area (Å²) in [4.78, 5) is 21.2. The fraction of sp³-hybridized carbons (Fsp3) is 0.357. The molecule has 5 nitrogen and oxygen atoms in total. The highest BCUT2D eigenvalue weighted by Crippen LogP contribution is 2.28. The molecule has 0 radical (unpaired) electrons. The van der Waals surface area contributed by atoms with Gasteiger partial charge in [0.1, 0.15) is 23.5 Å². The lowest BCUT2D eigenvalue weighted by atomic mass is 9.97. The molecule has 1 aromatic carbocycles. The van der Waals surface area contributed by atoms with E-state index in [-0.39, 0.29) is 11.7 Å². The first-order valence-corrected chi connectivity index (χ1v) is 6.54. The monoisotopic (exact) mass is 275 g/mol. The van der Waals surface area contributed by atoms with E-state index in [1.54, 1.807) is 12.1 Å². The summed E-state index contributed by atoms with van der Waals surface area (Å²) in [5, 5.41) is 9.68. The average Bonchev–Trinajstić information content (AvgIpc) is 2.47. The summed E-state index contributed by atoms with van der Waals surface area (Å²) in [6.45, 7) is 1.22. The summed E-state index contributed by atoms with van der Waals surface area (Å²) >= 11 is 0. The predicted molar refractivity (Wildman–Crippen MR) is 72.1 cm³/mol. The van der Waals surface area contributed by atoms with Crippen molar-refractivity contribution in [2.45, 2.75) is 12.8 Å². The Balaban J connectivity index is 1.92. The van der Waals surface area contributed by atoms with Crippen LogP contribution in [0.2, 0.25) is 0 Å². The van der Waals surface area contributed by atoms with E-state index in [0.717, 1.165) is 0 Å². The van der Waals surface area contributed by atoms with Crippen molar-refractivity contribution in [3.05, 3.63) is 30.3 Å². The molecule has 0 aliphatic carbocycles. The van der Waals surface area contributed by atoms with Gasteiger partial charge in [-0.2, -0.15) is 0 Å². The van der Waals surface area contributed by atoms with Crippen LogP contribution in [0.25, 0.3) is 10.9 Å². The van der Waals surface area contributed by atoms with Gasteiger partial charge in [-0.1, -0.05) is 6.07 Å². The number of hydrogen-bond acceptors (Lipinski definition) is 4. The molecule has 1 N–H and O–H groups in total. The van der Waals surface area contributed by atoms with E-state index >= 15 is 0 Å². The van der Waals surface area contributed by atoms with Crippen molar-refractivity contribution >= 4 is 22.7 Å². The quantitative estimate of drug-likeness (QED) is 0.908. The maximum atomic E-state index is 13.7. The summed E-state index contributed by atoms with van der Waals surface area (Å²) in [5.41, 5.74) is 0.304. The van der Waals surface area contributed by atoms with E-state index in [1.165, 1.54) is 12.4 Å². The maximum Gasteiger partial charge on any atom is 0.306 e. The van der Waals surface area contributed by atoms with Crippen LogP contribution >= 0.6 is 0 Å². The Morgan fingerprint density at radius 2 is 2.05 bits per heavy atom. The number of carbonyl (C=O) groups is 1. The number of aromatic nitrogens is 2. The lowest BCUT2D eigenvalue weighted by molar-refractivity contribution is -0.142. The number of anilines is 1. The fourth-order valence-corrected chi connectivity index (χ4v) is 2.63. The highest BCUT2D eigenvalue weighted by atomic mass is 19.1. The molecule has 2 heterocycles. The first-order chi connectivity index (χ1) is 9.66. The number of para-hydroxylation sites is 1. The maximum absolute atomic E-state index is 13.7. The second-order valence-electron chi connectivity index (χ2n) is 4.93. The molecule has 1 fully saturated rings. The van der Waals surface area contributed by atoms with Crippen molar-refractivity contribution in [1.82, 2.24) is 9.97 Å².